The van der Waals surface area contributed by atoms with Crippen molar-refractivity contribution >= 4 is 21.6 Å². The zero-order valence-corrected chi connectivity index (χ0v) is 12.7. The number of benzene rings is 1. The summed E-state index contributed by atoms with van der Waals surface area (Å²) >= 11 is 3.61. The monoisotopic (exact) mass is 299 g/mol. The molecule has 0 aromatic heterocycles. The van der Waals surface area contributed by atoms with Gasteiger partial charge in [0.1, 0.15) is 0 Å². The molecule has 0 saturated heterocycles. The van der Waals surface area contributed by atoms with E-state index in [0.717, 1.165) is 23.1 Å². The van der Waals surface area contributed by atoms with E-state index in [2.05, 4.69) is 65.1 Å². The Bertz CT molecular complexity index is 364. The Morgan fingerprint density at radius 3 is 2.35 bits per heavy atom. The van der Waals surface area contributed by atoms with Crippen molar-refractivity contribution < 1.29 is 0 Å². The average Bonchev–Trinajstić information content (AvgIpc) is 2.25. The first-order valence-electron chi connectivity index (χ1n) is 5.82. The van der Waals surface area contributed by atoms with Crippen LogP contribution in [0, 0.1) is 0 Å². The van der Waals surface area contributed by atoms with Crippen LogP contribution >= 0.6 is 15.9 Å². The van der Waals surface area contributed by atoms with Gasteiger partial charge in [-0.15, -0.1) is 0 Å². The van der Waals surface area contributed by atoms with E-state index in [1.165, 1.54) is 5.69 Å². The van der Waals surface area contributed by atoms with Gasteiger partial charge in [0.05, 0.1) is 5.69 Å². The van der Waals surface area contributed by atoms with Gasteiger partial charge in [0.15, 0.2) is 0 Å². The molecule has 0 saturated carbocycles. The number of halogens is 1. The van der Waals surface area contributed by atoms with Gasteiger partial charge in [-0.1, -0.05) is 6.07 Å². The van der Waals surface area contributed by atoms with Crippen LogP contribution in [0.4, 0.5) is 5.69 Å². The summed E-state index contributed by atoms with van der Waals surface area (Å²) in [5.74, 6) is 0. The van der Waals surface area contributed by atoms with E-state index in [9.17, 15) is 0 Å². The molecule has 0 aliphatic rings. The van der Waals surface area contributed by atoms with Gasteiger partial charge >= 0.3 is 0 Å². The quantitative estimate of drug-likeness (QED) is 0.906. The fraction of sp³-hybridized carbons (Fsp3) is 0.538. The minimum absolute atomic E-state index is 0.0763. The second kappa shape index (κ2) is 6.38. The molecule has 0 bridgehead atoms. The summed E-state index contributed by atoms with van der Waals surface area (Å²) in [6, 6.07) is 6.40. The second-order valence-corrected chi connectivity index (χ2v) is 5.58. The smallest absolute Gasteiger partial charge is 0.0508 e. The Hall–Kier alpha value is -0.580. The highest BCUT2D eigenvalue weighted by molar-refractivity contribution is 9.10. The second-order valence-electron chi connectivity index (χ2n) is 4.72. The molecule has 96 valence electrons. The van der Waals surface area contributed by atoms with Crippen molar-refractivity contribution in [2.75, 3.05) is 39.1 Å². The first kappa shape index (κ1) is 14.5. The Labute approximate surface area is 113 Å². The minimum atomic E-state index is 0.0763. The predicted octanol–water partition coefficient (Wildman–Crippen LogP) is 2.47. The van der Waals surface area contributed by atoms with Crippen LogP contribution in [0.3, 0.4) is 0 Å². The first-order valence-corrected chi connectivity index (χ1v) is 6.62. The molecule has 4 heteroatoms. The molecular formula is C13H22BrN3. The minimum Gasteiger partial charge on any atom is -0.372 e. The summed E-state index contributed by atoms with van der Waals surface area (Å²) in [5.41, 5.74) is 8.23. The number of nitrogens with two attached hydrogens (primary N) is 1. The van der Waals surface area contributed by atoms with Gasteiger partial charge < -0.3 is 15.5 Å². The topological polar surface area (TPSA) is 32.5 Å². The van der Waals surface area contributed by atoms with Crippen LogP contribution in [-0.4, -0.2) is 39.1 Å². The fourth-order valence-corrected chi connectivity index (χ4v) is 2.29. The largest absolute Gasteiger partial charge is 0.372 e. The molecule has 17 heavy (non-hydrogen) atoms. The number of likely N-dealkylation sites (N-methyl/N-ethyl adjacent to an activating group) is 2. The Kier molecular flexibility index (Phi) is 5.43. The van der Waals surface area contributed by atoms with Crippen LogP contribution in [0.5, 0.6) is 0 Å². The van der Waals surface area contributed by atoms with Gasteiger partial charge in [-0.3, -0.25) is 0 Å². The highest BCUT2D eigenvalue weighted by Crippen LogP contribution is 2.28. The van der Waals surface area contributed by atoms with E-state index < -0.39 is 0 Å². The molecule has 3 nitrogen and oxygen atoms in total. The van der Waals surface area contributed by atoms with Crippen LogP contribution < -0.4 is 10.6 Å². The van der Waals surface area contributed by atoms with Crippen molar-refractivity contribution in [2.45, 2.75) is 13.0 Å². The lowest BCUT2D eigenvalue weighted by atomic mass is 10.1. The summed E-state index contributed by atoms with van der Waals surface area (Å²) in [6.07, 6.45) is 0. The SMILES string of the molecule is C[C@H](N)c1ccc(N(C)CCN(C)C)c(Br)c1. The lowest BCUT2D eigenvalue weighted by Gasteiger charge is -2.23. The van der Waals surface area contributed by atoms with E-state index in [-0.39, 0.29) is 6.04 Å². The molecule has 0 aliphatic carbocycles. The zero-order chi connectivity index (χ0) is 13.0. The molecule has 0 radical (unpaired) electrons. The van der Waals surface area contributed by atoms with Crippen LogP contribution in [0.25, 0.3) is 0 Å². The number of hydrogen-bond donors (Lipinski definition) is 1. The van der Waals surface area contributed by atoms with Crippen LogP contribution in [0.15, 0.2) is 22.7 Å². The Balaban J connectivity index is 2.77. The highest BCUT2D eigenvalue weighted by Gasteiger charge is 2.08. The predicted molar refractivity (Wildman–Crippen MR) is 78.6 cm³/mol. The van der Waals surface area contributed by atoms with E-state index in [4.69, 9.17) is 5.73 Å². The summed E-state index contributed by atoms with van der Waals surface area (Å²) in [5, 5.41) is 0. The number of rotatable bonds is 5. The van der Waals surface area contributed by atoms with Crippen LogP contribution in [-0.2, 0) is 0 Å². The molecule has 0 aliphatic heterocycles. The van der Waals surface area contributed by atoms with Crippen molar-refractivity contribution in [1.29, 1.82) is 0 Å². The molecule has 1 aromatic rings. The molecule has 0 amide bonds. The third-order valence-electron chi connectivity index (χ3n) is 2.79. The summed E-state index contributed by atoms with van der Waals surface area (Å²) in [7, 11) is 6.28. The van der Waals surface area contributed by atoms with E-state index in [0.29, 0.717) is 0 Å². The van der Waals surface area contributed by atoms with Gasteiger partial charge in [0.25, 0.3) is 0 Å². The highest BCUT2D eigenvalue weighted by atomic mass is 79.9. The molecule has 1 atom stereocenters. The van der Waals surface area contributed by atoms with Gasteiger partial charge in [-0.25, -0.2) is 0 Å². The molecule has 2 N–H and O–H groups in total. The van der Waals surface area contributed by atoms with Gasteiger partial charge in [-0.2, -0.15) is 0 Å². The number of hydrogen-bond acceptors (Lipinski definition) is 3. The maximum atomic E-state index is 5.87. The standard InChI is InChI=1S/C13H22BrN3/c1-10(15)11-5-6-13(12(14)9-11)17(4)8-7-16(2)3/h5-6,9-10H,7-8,15H2,1-4H3/t10-/m0/s1. The van der Waals surface area contributed by atoms with Crippen LogP contribution in [0.2, 0.25) is 0 Å². The van der Waals surface area contributed by atoms with Crippen molar-refractivity contribution in [1.82, 2.24) is 4.90 Å². The van der Waals surface area contributed by atoms with Gasteiger partial charge in [-0.05, 0) is 54.6 Å². The Morgan fingerprint density at radius 2 is 1.88 bits per heavy atom. The number of nitrogens with zero attached hydrogens (tertiary/aromatic N) is 2. The molecule has 0 fully saturated rings. The summed E-state index contributed by atoms with van der Waals surface area (Å²) in [4.78, 5) is 4.43. The van der Waals surface area contributed by atoms with E-state index in [1.807, 2.05) is 6.92 Å². The van der Waals surface area contributed by atoms with Crippen molar-refractivity contribution in [3.8, 4) is 0 Å². The third-order valence-corrected chi connectivity index (χ3v) is 3.43. The van der Waals surface area contributed by atoms with Crippen LogP contribution in [0.1, 0.15) is 18.5 Å². The first-order chi connectivity index (χ1) is 7.91. The maximum absolute atomic E-state index is 5.87. The fourth-order valence-electron chi connectivity index (χ4n) is 1.59. The number of anilines is 1. The molecule has 1 rings (SSSR count). The molecule has 0 heterocycles. The van der Waals surface area contributed by atoms with Gasteiger partial charge in [0.2, 0.25) is 0 Å². The van der Waals surface area contributed by atoms with E-state index in [1.54, 1.807) is 0 Å². The average molecular weight is 300 g/mol. The maximum Gasteiger partial charge on any atom is 0.0508 e. The lowest BCUT2D eigenvalue weighted by Crippen LogP contribution is -2.28. The third kappa shape index (κ3) is 4.30. The van der Waals surface area contributed by atoms with Crippen molar-refractivity contribution in [3.63, 3.8) is 0 Å². The Morgan fingerprint density at radius 1 is 1.24 bits per heavy atom. The molecule has 1 aromatic carbocycles. The summed E-state index contributed by atoms with van der Waals surface area (Å²) in [6.45, 7) is 4.04. The molecule has 0 unspecified atom stereocenters. The van der Waals surface area contributed by atoms with Crippen molar-refractivity contribution in [3.05, 3.63) is 28.2 Å². The normalized spacial score (nSPS) is 12.9. The van der Waals surface area contributed by atoms with Crippen molar-refractivity contribution in [2.24, 2.45) is 5.73 Å². The van der Waals surface area contributed by atoms with E-state index >= 15 is 0 Å². The van der Waals surface area contributed by atoms with Gasteiger partial charge in [0, 0.05) is 30.7 Å². The lowest BCUT2D eigenvalue weighted by molar-refractivity contribution is 0.416. The molecular weight excluding hydrogens is 278 g/mol. The molecule has 0 spiro atoms. The summed E-state index contributed by atoms with van der Waals surface area (Å²) < 4.78 is 1.11. The zero-order valence-electron chi connectivity index (χ0n) is 11.1.